The monoisotopic (exact) mass is 431 g/mol. The van der Waals surface area contributed by atoms with E-state index in [-0.39, 0.29) is 5.91 Å². The van der Waals surface area contributed by atoms with E-state index in [0.29, 0.717) is 5.75 Å². The molecule has 0 radical (unpaired) electrons. The molecule has 1 amide bonds. The molecule has 0 aliphatic carbocycles. The molecule has 0 spiro atoms. The van der Waals surface area contributed by atoms with Gasteiger partial charge >= 0.3 is 0 Å². The molecule has 2 nitrogen and oxygen atoms in total. The number of anilines is 1. The molecule has 0 aromatic heterocycles. The van der Waals surface area contributed by atoms with Gasteiger partial charge in [-0.15, -0.1) is 11.8 Å². The van der Waals surface area contributed by atoms with Gasteiger partial charge in [-0.3, -0.25) is 4.79 Å². The summed E-state index contributed by atoms with van der Waals surface area (Å²) < 4.78 is 1.16. The smallest absolute Gasteiger partial charge is 0.234 e. The fraction of sp³-hybridized carbons (Fsp3) is 0.188. The molecule has 2 aromatic carbocycles. The highest BCUT2D eigenvalue weighted by Crippen LogP contribution is 2.21. The molecular formula is C16H15ClINOS. The quantitative estimate of drug-likeness (QED) is 0.665. The zero-order valence-electron chi connectivity index (χ0n) is 11.5. The Morgan fingerprint density at radius 3 is 2.76 bits per heavy atom. The van der Waals surface area contributed by atoms with Crippen molar-refractivity contribution in [2.75, 3.05) is 11.1 Å². The van der Waals surface area contributed by atoms with Crippen molar-refractivity contribution >= 4 is 57.5 Å². The summed E-state index contributed by atoms with van der Waals surface area (Å²) in [6, 6.07) is 13.7. The molecule has 0 saturated carbocycles. The first-order valence-corrected chi connectivity index (χ1v) is 9.04. The number of rotatable bonds is 5. The van der Waals surface area contributed by atoms with Crippen LogP contribution in [0.1, 0.15) is 11.1 Å². The maximum absolute atomic E-state index is 12.0. The lowest BCUT2D eigenvalue weighted by atomic mass is 10.2. The highest BCUT2D eigenvalue weighted by atomic mass is 127. The first-order chi connectivity index (χ1) is 10.1. The number of amides is 1. The van der Waals surface area contributed by atoms with Crippen LogP contribution in [0.5, 0.6) is 0 Å². The van der Waals surface area contributed by atoms with Crippen molar-refractivity contribution in [1.29, 1.82) is 0 Å². The Kier molecular flexibility index (Phi) is 6.39. The third-order valence-electron chi connectivity index (χ3n) is 2.91. The minimum Gasteiger partial charge on any atom is -0.325 e. The first kappa shape index (κ1) is 16.6. The second-order valence-electron chi connectivity index (χ2n) is 4.59. The molecule has 0 fully saturated rings. The van der Waals surface area contributed by atoms with Crippen LogP contribution in [0.3, 0.4) is 0 Å². The number of thioether (sulfide) groups is 1. The van der Waals surface area contributed by atoms with E-state index < -0.39 is 0 Å². The Bertz CT molecular complexity index is 648. The van der Waals surface area contributed by atoms with Crippen molar-refractivity contribution < 1.29 is 4.79 Å². The molecular weight excluding hydrogens is 417 g/mol. The number of aryl methyl sites for hydroxylation is 1. The minimum absolute atomic E-state index is 0.0105. The van der Waals surface area contributed by atoms with Crippen LogP contribution >= 0.6 is 46.0 Å². The van der Waals surface area contributed by atoms with Gasteiger partial charge in [-0.2, -0.15) is 0 Å². The van der Waals surface area contributed by atoms with Crippen molar-refractivity contribution in [3.8, 4) is 0 Å². The summed E-state index contributed by atoms with van der Waals surface area (Å²) in [6.07, 6.45) is 0. The number of carbonyl (C=O) groups excluding carboxylic acids is 1. The largest absolute Gasteiger partial charge is 0.325 e. The van der Waals surface area contributed by atoms with E-state index in [1.54, 1.807) is 11.8 Å². The molecule has 110 valence electrons. The number of hydrogen-bond donors (Lipinski definition) is 1. The molecule has 2 rings (SSSR count). The molecule has 5 heteroatoms. The van der Waals surface area contributed by atoms with Crippen molar-refractivity contribution in [2.45, 2.75) is 12.7 Å². The number of halogens is 2. The number of nitrogens with one attached hydrogen (secondary N) is 1. The molecule has 0 unspecified atom stereocenters. The van der Waals surface area contributed by atoms with Gasteiger partial charge in [-0.25, -0.2) is 0 Å². The highest BCUT2D eigenvalue weighted by Gasteiger charge is 2.06. The Morgan fingerprint density at radius 1 is 1.29 bits per heavy atom. The number of benzene rings is 2. The van der Waals surface area contributed by atoms with Crippen LogP contribution in [0, 0.1) is 10.5 Å². The van der Waals surface area contributed by atoms with Gasteiger partial charge in [0.25, 0.3) is 0 Å². The summed E-state index contributed by atoms with van der Waals surface area (Å²) in [6.45, 7) is 1.99. The van der Waals surface area contributed by atoms with Crippen molar-refractivity contribution in [2.24, 2.45) is 0 Å². The highest BCUT2D eigenvalue weighted by molar-refractivity contribution is 14.1. The predicted octanol–water partition coefficient (Wildman–Crippen LogP) is 5.12. The molecule has 2 aromatic rings. The Morgan fingerprint density at radius 2 is 2.05 bits per heavy atom. The minimum atomic E-state index is 0.0105. The fourth-order valence-corrected chi connectivity index (χ4v) is 3.58. The van der Waals surface area contributed by atoms with E-state index in [2.05, 4.69) is 27.9 Å². The van der Waals surface area contributed by atoms with Crippen LogP contribution in [-0.4, -0.2) is 11.7 Å². The van der Waals surface area contributed by atoms with E-state index >= 15 is 0 Å². The van der Waals surface area contributed by atoms with Crippen LogP contribution in [0.25, 0.3) is 0 Å². The summed E-state index contributed by atoms with van der Waals surface area (Å²) in [5, 5.41) is 3.69. The van der Waals surface area contributed by atoms with Crippen LogP contribution in [-0.2, 0) is 10.5 Å². The zero-order chi connectivity index (χ0) is 15.2. The molecule has 0 atom stereocenters. The molecule has 0 heterocycles. The van der Waals surface area contributed by atoms with Gasteiger partial charge in [0, 0.05) is 20.0 Å². The first-order valence-electron chi connectivity index (χ1n) is 6.43. The average molecular weight is 432 g/mol. The van der Waals surface area contributed by atoms with Crippen molar-refractivity contribution in [3.05, 3.63) is 62.2 Å². The molecule has 0 aliphatic rings. The van der Waals surface area contributed by atoms with Crippen LogP contribution in [0.15, 0.2) is 42.5 Å². The van der Waals surface area contributed by atoms with Gasteiger partial charge in [-0.05, 0) is 64.9 Å². The third kappa shape index (κ3) is 5.20. The lowest BCUT2D eigenvalue weighted by Crippen LogP contribution is -2.15. The number of carbonyl (C=O) groups is 1. The van der Waals surface area contributed by atoms with E-state index in [0.717, 1.165) is 31.2 Å². The maximum atomic E-state index is 12.0. The van der Waals surface area contributed by atoms with Gasteiger partial charge in [0.2, 0.25) is 5.91 Å². The lowest BCUT2D eigenvalue weighted by molar-refractivity contribution is -0.113. The molecule has 0 saturated heterocycles. The predicted molar refractivity (Wildman–Crippen MR) is 100 cm³/mol. The van der Waals surface area contributed by atoms with E-state index in [1.165, 1.54) is 0 Å². The Labute approximate surface area is 147 Å². The summed E-state index contributed by atoms with van der Waals surface area (Å²) in [4.78, 5) is 12.0. The third-order valence-corrected chi connectivity index (χ3v) is 4.93. The van der Waals surface area contributed by atoms with Gasteiger partial charge in [0.15, 0.2) is 0 Å². The number of hydrogen-bond acceptors (Lipinski definition) is 2. The van der Waals surface area contributed by atoms with Crippen LogP contribution < -0.4 is 5.32 Å². The van der Waals surface area contributed by atoms with Gasteiger partial charge < -0.3 is 5.32 Å². The Balaban J connectivity index is 1.84. The van der Waals surface area contributed by atoms with Gasteiger partial charge in [0.05, 0.1) is 5.75 Å². The second-order valence-corrected chi connectivity index (χ2v) is 7.23. The molecule has 1 N–H and O–H groups in total. The topological polar surface area (TPSA) is 29.1 Å². The normalized spacial score (nSPS) is 10.4. The summed E-state index contributed by atoms with van der Waals surface area (Å²) in [5.74, 6) is 1.16. The van der Waals surface area contributed by atoms with E-state index in [9.17, 15) is 4.79 Å². The van der Waals surface area contributed by atoms with Crippen LogP contribution in [0.4, 0.5) is 5.69 Å². The van der Waals surface area contributed by atoms with Crippen molar-refractivity contribution in [1.82, 2.24) is 0 Å². The SMILES string of the molecule is Cc1cc(I)ccc1NC(=O)CSCc1ccccc1Cl. The zero-order valence-corrected chi connectivity index (χ0v) is 15.3. The van der Waals surface area contributed by atoms with E-state index in [4.69, 9.17) is 11.6 Å². The summed E-state index contributed by atoms with van der Waals surface area (Å²) >= 11 is 9.91. The molecule has 0 aliphatic heterocycles. The summed E-state index contributed by atoms with van der Waals surface area (Å²) in [5.41, 5.74) is 3.01. The van der Waals surface area contributed by atoms with Crippen LogP contribution in [0.2, 0.25) is 5.02 Å². The molecule has 21 heavy (non-hydrogen) atoms. The standard InChI is InChI=1S/C16H15ClINOS/c1-11-8-13(18)6-7-15(11)19-16(20)10-21-9-12-4-2-3-5-14(12)17/h2-8H,9-10H2,1H3,(H,19,20). The maximum Gasteiger partial charge on any atom is 0.234 e. The average Bonchev–Trinajstić information content (AvgIpc) is 2.44. The fourth-order valence-electron chi connectivity index (χ4n) is 1.82. The van der Waals surface area contributed by atoms with Gasteiger partial charge in [0.1, 0.15) is 0 Å². The molecule has 0 bridgehead atoms. The Hall–Kier alpha value is -0.720. The van der Waals surface area contributed by atoms with Crippen molar-refractivity contribution in [3.63, 3.8) is 0 Å². The van der Waals surface area contributed by atoms with Gasteiger partial charge in [-0.1, -0.05) is 29.8 Å². The second kappa shape index (κ2) is 8.06. The van der Waals surface area contributed by atoms with E-state index in [1.807, 2.05) is 49.4 Å². The summed E-state index contributed by atoms with van der Waals surface area (Å²) in [7, 11) is 0. The lowest BCUT2D eigenvalue weighted by Gasteiger charge is -2.09.